The van der Waals surface area contributed by atoms with Gasteiger partial charge in [0.1, 0.15) is 6.04 Å². The van der Waals surface area contributed by atoms with Gasteiger partial charge in [0.15, 0.2) is 0 Å². The molecular formula is C22H30N4O5. The minimum atomic E-state index is -0.868. The minimum Gasteiger partial charge on any atom is -0.466 e. The summed E-state index contributed by atoms with van der Waals surface area (Å²) in [5, 5.41) is 5.73. The van der Waals surface area contributed by atoms with Crippen molar-refractivity contribution in [3.63, 3.8) is 0 Å². The number of esters is 1. The van der Waals surface area contributed by atoms with Crippen LogP contribution in [0.2, 0.25) is 0 Å². The molecule has 2 N–H and O–H groups in total. The number of anilines is 1. The maximum Gasteiger partial charge on any atom is 0.308 e. The second-order valence-corrected chi connectivity index (χ2v) is 7.75. The first kappa shape index (κ1) is 22.6. The highest BCUT2D eigenvalue weighted by molar-refractivity contribution is 5.95. The standard InChI is InChI=1S/C22H30N4O5/c1-2-13-31-20(28)14-18-21(29)23-9-12-26(18)19(27)15-24-17-7-5-16(6-8-17)22(30)25-10-3-4-11-25/h5-8,18,24H,2-4,9-15H2,1H3,(H,23,29). The number of hydrogen-bond acceptors (Lipinski definition) is 6. The molecule has 9 nitrogen and oxygen atoms in total. The van der Waals surface area contributed by atoms with E-state index < -0.39 is 12.0 Å². The lowest BCUT2D eigenvalue weighted by Gasteiger charge is -2.34. The van der Waals surface area contributed by atoms with Crippen molar-refractivity contribution in [1.82, 2.24) is 15.1 Å². The number of carbonyl (C=O) groups is 4. The first-order valence-corrected chi connectivity index (χ1v) is 10.9. The van der Waals surface area contributed by atoms with E-state index in [1.165, 1.54) is 4.90 Å². The van der Waals surface area contributed by atoms with Crippen LogP contribution in [-0.2, 0) is 19.1 Å². The fourth-order valence-corrected chi connectivity index (χ4v) is 3.76. The van der Waals surface area contributed by atoms with Gasteiger partial charge in [-0.15, -0.1) is 0 Å². The van der Waals surface area contributed by atoms with Crippen LogP contribution in [-0.4, -0.2) is 78.9 Å². The Morgan fingerprint density at radius 2 is 1.84 bits per heavy atom. The molecule has 0 aromatic heterocycles. The molecule has 31 heavy (non-hydrogen) atoms. The van der Waals surface area contributed by atoms with Crippen LogP contribution in [0, 0.1) is 0 Å². The zero-order valence-corrected chi connectivity index (χ0v) is 17.9. The number of piperazine rings is 1. The summed E-state index contributed by atoms with van der Waals surface area (Å²) in [7, 11) is 0. The summed E-state index contributed by atoms with van der Waals surface area (Å²) < 4.78 is 5.06. The molecule has 0 spiro atoms. The molecule has 2 fully saturated rings. The van der Waals surface area contributed by atoms with Gasteiger partial charge in [-0.05, 0) is 43.5 Å². The van der Waals surface area contributed by atoms with Gasteiger partial charge in [-0.25, -0.2) is 0 Å². The molecule has 0 saturated carbocycles. The topological polar surface area (TPSA) is 108 Å². The fraction of sp³-hybridized carbons (Fsp3) is 0.545. The smallest absolute Gasteiger partial charge is 0.308 e. The molecule has 1 unspecified atom stereocenters. The zero-order chi connectivity index (χ0) is 22.2. The first-order valence-electron chi connectivity index (χ1n) is 10.9. The van der Waals surface area contributed by atoms with Crippen molar-refractivity contribution in [2.24, 2.45) is 0 Å². The predicted molar refractivity (Wildman–Crippen MR) is 114 cm³/mol. The van der Waals surface area contributed by atoms with Crippen LogP contribution in [0.4, 0.5) is 5.69 Å². The van der Waals surface area contributed by atoms with E-state index in [1.807, 2.05) is 11.8 Å². The van der Waals surface area contributed by atoms with E-state index in [-0.39, 0.29) is 30.7 Å². The van der Waals surface area contributed by atoms with E-state index in [1.54, 1.807) is 24.3 Å². The average Bonchev–Trinajstić information content (AvgIpc) is 3.32. The summed E-state index contributed by atoms with van der Waals surface area (Å²) in [6.07, 6.45) is 2.61. The summed E-state index contributed by atoms with van der Waals surface area (Å²) in [6.45, 7) is 4.43. The molecule has 0 aliphatic carbocycles. The molecule has 168 valence electrons. The second kappa shape index (κ2) is 10.8. The average molecular weight is 431 g/mol. The summed E-state index contributed by atoms with van der Waals surface area (Å²) >= 11 is 0. The Bertz CT molecular complexity index is 805. The molecule has 9 heteroatoms. The molecule has 3 rings (SSSR count). The van der Waals surface area contributed by atoms with E-state index in [0.29, 0.717) is 37.4 Å². The molecule has 2 saturated heterocycles. The van der Waals surface area contributed by atoms with Gasteiger partial charge in [0.2, 0.25) is 11.8 Å². The van der Waals surface area contributed by atoms with Crippen molar-refractivity contribution in [2.75, 3.05) is 44.6 Å². The summed E-state index contributed by atoms with van der Waals surface area (Å²) in [6, 6.07) is 6.15. The SMILES string of the molecule is CCCOC(=O)CC1C(=O)NCCN1C(=O)CNc1ccc(C(=O)N2CCCC2)cc1. The molecule has 2 aliphatic heterocycles. The Morgan fingerprint density at radius 3 is 2.52 bits per heavy atom. The fourth-order valence-electron chi connectivity index (χ4n) is 3.76. The lowest BCUT2D eigenvalue weighted by atomic mass is 10.1. The van der Waals surface area contributed by atoms with Gasteiger partial charge in [0.05, 0.1) is 19.6 Å². The Morgan fingerprint density at radius 1 is 1.13 bits per heavy atom. The number of amides is 3. The van der Waals surface area contributed by atoms with E-state index in [2.05, 4.69) is 10.6 Å². The number of nitrogens with one attached hydrogen (secondary N) is 2. The quantitative estimate of drug-likeness (QED) is 0.596. The van der Waals surface area contributed by atoms with E-state index in [4.69, 9.17) is 4.74 Å². The number of nitrogens with zero attached hydrogens (tertiary/aromatic N) is 2. The van der Waals surface area contributed by atoms with Crippen molar-refractivity contribution in [1.29, 1.82) is 0 Å². The van der Waals surface area contributed by atoms with Crippen LogP contribution in [0.25, 0.3) is 0 Å². The van der Waals surface area contributed by atoms with Gasteiger partial charge in [-0.2, -0.15) is 0 Å². The number of carbonyl (C=O) groups excluding carboxylic acids is 4. The Kier molecular flexibility index (Phi) is 7.86. The van der Waals surface area contributed by atoms with Gasteiger partial charge in [0.25, 0.3) is 5.91 Å². The molecule has 1 atom stereocenters. The van der Waals surface area contributed by atoms with Crippen LogP contribution >= 0.6 is 0 Å². The van der Waals surface area contributed by atoms with E-state index >= 15 is 0 Å². The van der Waals surface area contributed by atoms with Gasteiger partial charge in [-0.3, -0.25) is 19.2 Å². The Labute approximate surface area is 182 Å². The molecule has 1 aromatic rings. The number of benzene rings is 1. The third kappa shape index (κ3) is 5.96. The summed E-state index contributed by atoms with van der Waals surface area (Å²) in [5.41, 5.74) is 1.32. The number of hydrogen-bond donors (Lipinski definition) is 2. The Hall–Kier alpha value is -3.10. The second-order valence-electron chi connectivity index (χ2n) is 7.75. The molecule has 1 aromatic carbocycles. The van der Waals surface area contributed by atoms with Crippen molar-refractivity contribution in [3.8, 4) is 0 Å². The van der Waals surface area contributed by atoms with Crippen molar-refractivity contribution >= 4 is 29.4 Å². The number of likely N-dealkylation sites (tertiary alicyclic amines) is 1. The highest BCUT2D eigenvalue weighted by atomic mass is 16.5. The molecule has 2 heterocycles. The lowest BCUT2D eigenvalue weighted by molar-refractivity contribution is -0.151. The molecule has 0 radical (unpaired) electrons. The molecular weight excluding hydrogens is 400 g/mol. The molecule has 3 amide bonds. The largest absolute Gasteiger partial charge is 0.466 e. The van der Waals surface area contributed by atoms with Gasteiger partial charge in [-0.1, -0.05) is 6.92 Å². The monoisotopic (exact) mass is 430 g/mol. The zero-order valence-electron chi connectivity index (χ0n) is 17.9. The van der Waals surface area contributed by atoms with Crippen molar-refractivity contribution in [2.45, 2.75) is 38.6 Å². The van der Waals surface area contributed by atoms with Crippen LogP contribution in [0.1, 0.15) is 43.0 Å². The van der Waals surface area contributed by atoms with Crippen LogP contribution in [0.15, 0.2) is 24.3 Å². The van der Waals surface area contributed by atoms with Gasteiger partial charge >= 0.3 is 5.97 Å². The van der Waals surface area contributed by atoms with Crippen LogP contribution in [0.5, 0.6) is 0 Å². The third-order valence-electron chi connectivity index (χ3n) is 5.45. The van der Waals surface area contributed by atoms with E-state index in [0.717, 1.165) is 25.9 Å². The highest BCUT2D eigenvalue weighted by Gasteiger charge is 2.34. The van der Waals surface area contributed by atoms with E-state index in [9.17, 15) is 19.2 Å². The summed E-state index contributed by atoms with van der Waals surface area (Å²) in [5.74, 6) is -1.09. The predicted octanol–water partition coefficient (Wildman–Crippen LogP) is 1.00. The molecule has 2 aliphatic rings. The van der Waals surface area contributed by atoms with Gasteiger partial charge in [0, 0.05) is 37.4 Å². The number of ether oxygens (including phenoxy) is 1. The highest BCUT2D eigenvalue weighted by Crippen LogP contribution is 2.16. The summed E-state index contributed by atoms with van der Waals surface area (Å²) in [4.78, 5) is 52.6. The lowest BCUT2D eigenvalue weighted by Crippen LogP contribution is -2.58. The van der Waals surface area contributed by atoms with Crippen molar-refractivity contribution < 1.29 is 23.9 Å². The van der Waals surface area contributed by atoms with Gasteiger partial charge < -0.3 is 25.2 Å². The first-order chi connectivity index (χ1) is 15.0. The molecule has 0 bridgehead atoms. The van der Waals surface area contributed by atoms with Crippen LogP contribution in [0.3, 0.4) is 0 Å². The normalized spacial score (nSPS) is 18.5. The maximum atomic E-state index is 12.7. The Balaban J connectivity index is 1.55. The van der Waals surface area contributed by atoms with Crippen molar-refractivity contribution in [3.05, 3.63) is 29.8 Å². The number of rotatable bonds is 8. The third-order valence-corrected chi connectivity index (χ3v) is 5.45. The maximum absolute atomic E-state index is 12.7. The van der Waals surface area contributed by atoms with Crippen LogP contribution < -0.4 is 10.6 Å². The minimum absolute atomic E-state index is 0.0206.